The minimum atomic E-state index is -0.317. The van der Waals surface area contributed by atoms with Crippen LogP contribution in [0.3, 0.4) is 0 Å². The van der Waals surface area contributed by atoms with Crippen molar-refractivity contribution < 1.29 is 13.9 Å². The van der Waals surface area contributed by atoms with Gasteiger partial charge in [-0.2, -0.15) is 0 Å². The highest BCUT2D eigenvalue weighted by Gasteiger charge is 2.10. The van der Waals surface area contributed by atoms with Gasteiger partial charge in [-0.15, -0.1) is 0 Å². The standard InChI is InChI=1S/C23H23FN2O3/c1-16-5-3-4-6-19(16)15-29-22-13-26(17(2)11-21(22)27)14-23(28)25-12-18-7-9-20(24)10-8-18/h3-11,13H,12,14-15H2,1-2H3,(H,25,28). The molecule has 0 radical (unpaired) electrons. The average Bonchev–Trinajstić information content (AvgIpc) is 2.70. The molecule has 0 saturated heterocycles. The number of aromatic nitrogens is 1. The molecular weight excluding hydrogens is 371 g/mol. The number of hydrogen-bond donors (Lipinski definition) is 1. The van der Waals surface area contributed by atoms with E-state index in [1.54, 1.807) is 29.8 Å². The van der Waals surface area contributed by atoms with Crippen LogP contribution in [0, 0.1) is 19.7 Å². The fourth-order valence-electron chi connectivity index (χ4n) is 2.87. The first-order valence-corrected chi connectivity index (χ1v) is 9.32. The molecule has 1 N–H and O–H groups in total. The Kier molecular flexibility index (Phi) is 6.44. The van der Waals surface area contributed by atoms with Gasteiger partial charge in [-0.3, -0.25) is 9.59 Å². The van der Waals surface area contributed by atoms with Crippen molar-refractivity contribution in [2.75, 3.05) is 0 Å². The van der Waals surface area contributed by atoms with Crippen LogP contribution in [0.1, 0.15) is 22.4 Å². The highest BCUT2D eigenvalue weighted by molar-refractivity contribution is 5.75. The summed E-state index contributed by atoms with van der Waals surface area (Å²) in [6, 6.07) is 15.2. The Morgan fingerprint density at radius 3 is 2.55 bits per heavy atom. The molecule has 2 aromatic carbocycles. The summed E-state index contributed by atoms with van der Waals surface area (Å²) in [6.45, 7) is 4.38. The average molecular weight is 394 g/mol. The van der Waals surface area contributed by atoms with Crippen LogP contribution in [-0.2, 0) is 24.5 Å². The number of nitrogens with one attached hydrogen (secondary N) is 1. The Balaban J connectivity index is 1.65. The van der Waals surface area contributed by atoms with Crippen LogP contribution in [0.5, 0.6) is 5.75 Å². The second kappa shape index (κ2) is 9.19. The predicted molar refractivity (Wildman–Crippen MR) is 109 cm³/mol. The number of amides is 1. The Morgan fingerprint density at radius 1 is 1.10 bits per heavy atom. The molecule has 5 nitrogen and oxygen atoms in total. The van der Waals surface area contributed by atoms with Crippen molar-refractivity contribution in [1.82, 2.24) is 9.88 Å². The lowest BCUT2D eigenvalue weighted by atomic mass is 10.1. The van der Waals surface area contributed by atoms with Gasteiger partial charge >= 0.3 is 0 Å². The molecule has 0 atom stereocenters. The summed E-state index contributed by atoms with van der Waals surface area (Å²) in [6.07, 6.45) is 1.56. The van der Waals surface area contributed by atoms with Gasteiger partial charge in [-0.1, -0.05) is 36.4 Å². The highest BCUT2D eigenvalue weighted by atomic mass is 19.1. The third kappa shape index (κ3) is 5.54. The molecule has 0 aliphatic heterocycles. The van der Waals surface area contributed by atoms with Crippen molar-refractivity contribution in [2.24, 2.45) is 0 Å². The predicted octanol–water partition coefficient (Wildman–Crippen LogP) is 3.50. The number of rotatable bonds is 7. The summed E-state index contributed by atoms with van der Waals surface area (Å²) in [5.74, 6) is -0.335. The van der Waals surface area contributed by atoms with Gasteiger partial charge < -0.3 is 14.6 Å². The van der Waals surface area contributed by atoms with Crippen LogP contribution in [0.2, 0.25) is 0 Å². The lowest BCUT2D eigenvalue weighted by molar-refractivity contribution is -0.121. The molecule has 1 aromatic heterocycles. The minimum absolute atomic E-state index is 0.0496. The second-order valence-corrected chi connectivity index (χ2v) is 6.89. The van der Waals surface area contributed by atoms with Gasteiger partial charge in [0.15, 0.2) is 5.75 Å². The smallest absolute Gasteiger partial charge is 0.240 e. The van der Waals surface area contributed by atoms with Crippen molar-refractivity contribution in [2.45, 2.75) is 33.5 Å². The van der Waals surface area contributed by atoms with E-state index in [0.29, 0.717) is 12.2 Å². The van der Waals surface area contributed by atoms with Crippen molar-refractivity contribution in [1.29, 1.82) is 0 Å². The molecule has 0 aliphatic rings. The fourth-order valence-corrected chi connectivity index (χ4v) is 2.87. The number of hydrogen-bond acceptors (Lipinski definition) is 3. The quantitative estimate of drug-likeness (QED) is 0.667. The van der Waals surface area contributed by atoms with Gasteiger partial charge in [0.1, 0.15) is 19.0 Å². The van der Waals surface area contributed by atoms with E-state index in [1.165, 1.54) is 18.2 Å². The Bertz CT molecular complexity index is 1060. The SMILES string of the molecule is Cc1ccccc1COc1cn(CC(=O)NCc2ccc(F)cc2)c(C)cc1=O. The molecule has 3 aromatic rings. The number of halogens is 1. The van der Waals surface area contributed by atoms with Crippen LogP contribution in [0.15, 0.2) is 65.6 Å². The third-order valence-corrected chi connectivity index (χ3v) is 4.67. The van der Waals surface area contributed by atoms with Crippen molar-refractivity contribution in [3.63, 3.8) is 0 Å². The summed E-state index contributed by atoms with van der Waals surface area (Å²) in [4.78, 5) is 24.6. The van der Waals surface area contributed by atoms with Crippen molar-refractivity contribution in [3.05, 3.63) is 99.2 Å². The largest absolute Gasteiger partial charge is 0.483 e. The zero-order chi connectivity index (χ0) is 20.8. The summed E-state index contributed by atoms with van der Waals surface area (Å²) >= 11 is 0. The van der Waals surface area contributed by atoms with E-state index >= 15 is 0 Å². The van der Waals surface area contributed by atoms with E-state index in [9.17, 15) is 14.0 Å². The number of carbonyl (C=O) groups excluding carboxylic acids is 1. The van der Waals surface area contributed by atoms with Gasteiger partial charge in [-0.05, 0) is 42.7 Å². The first-order valence-electron chi connectivity index (χ1n) is 9.32. The number of carbonyl (C=O) groups is 1. The molecular formula is C23H23FN2O3. The maximum Gasteiger partial charge on any atom is 0.240 e. The summed E-state index contributed by atoms with van der Waals surface area (Å²) in [7, 11) is 0. The number of ether oxygens (including phenoxy) is 1. The molecule has 0 unspecified atom stereocenters. The van der Waals surface area contributed by atoms with Crippen molar-refractivity contribution in [3.8, 4) is 5.75 Å². The van der Waals surface area contributed by atoms with Crippen LogP contribution in [0.4, 0.5) is 4.39 Å². The van der Waals surface area contributed by atoms with Crippen LogP contribution < -0.4 is 15.5 Å². The molecule has 0 bridgehead atoms. The molecule has 1 amide bonds. The molecule has 1 heterocycles. The first kappa shape index (κ1) is 20.3. The van der Waals surface area contributed by atoms with E-state index in [4.69, 9.17) is 4.74 Å². The fraction of sp³-hybridized carbons (Fsp3) is 0.217. The monoisotopic (exact) mass is 394 g/mol. The summed E-state index contributed by atoms with van der Waals surface area (Å²) in [5.41, 5.74) is 3.32. The maximum atomic E-state index is 13.0. The topological polar surface area (TPSA) is 60.3 Å². The van der Waals surface area contributed by atoms with Gasteiger partial charge in [0, 0.05) is 18.3 Å². The minimum Gasteiger partial charge on any atom is -0.483 e. The van der Waals surface area contributed by atoms with Gasteiger partial charge in [-0.25, -0.2) is 4.39 Å². The van der Waals surface area contributed by atoms with E-state index in [1.807, 2.05) is 31.2 Å². The lowest BCUT2D eigenvalue weighted by Crippen LogP contribution is -2.28. The van der Waals surface area contributed by atoms with E-state index in [0.717, 1.165) is 16.7 Å². The molecule has 0 saturated carbocycles. The maximum absolute atomic E-state index is 13.0. The van der Waals surface area contributed by atoms with Crippen LogP contribution >= 0.6 is 0 Å². The molecule has 0 fully saturated rings. The number of pyridine rings is 1. The third-order valence-electron chi connectivity index (χ3n) is 4.67. The zero-order valence-electron chi connectivity index (χ0n) is 16.4. The zero-order valence-corrected chi connectivity index (χ0v) is 16.4. The summed E-state index contributed by atoms with van der Waals surface area (Å²) < 4.78 is 20.3. The summed E-state index contributed by atoms with van der Waals surface area (Å²) in [5, 5.41) is 2.79. The highest BCUT2D eigenvalue weighted by Crippen LogP contribution is 2.12. The van der Waals surface area contributed by atoms with E-state index in [2.05, 4.69) is 5.32 Å². The molecule has 29 heavy (non-hydrogen) atoms. The molecule has 0 spiro atoms. The number of nitrogens with zero attached hydrogens (tertiary/aromatic N) is 1. The van der Waals surface area contributed by atoms with Crippen LogP contribution in [0.25, 0.3) is 0 Å². The Labute approximate surface area is 168 Å². The normalized spacial score (nSPS) is 10.6. The molecule has 150 valence electrons. The first-order chi connectivity index (χ1) is 13.9. The molecule has 6 heteroatoms. The Morgan fingerprint density at radius 2 is 1.83 bits per heavy atom. The number of aryl methyl sites for hydroxylation is 2. The van der Waals surface area contributed by atoms with Gasteiger partial charge in [0.05, 0.1) is 6.20 Å². The molecule has 3 rings (SSSR count). The lowest BCUT2D eigenvalue weighted by Gasteiger charge is -2.14. The Hall–Kier alpha value is -3.41. The van der Waals surface area contributed by atoms with Gasteiger partial charge in [0.25, 0.3) is 0 Å². The van der Waals surface area contributed by atoms with E-state index in [-0.39, 0.29) is 36.1 Å². The second-order valence-electron chi connectivity index (χ2n) is 6.89. The van der Waals surface area contributed by atoms with Crippen LogP contribution in [-0.4, -0.2) is 10.5 Å². The number of benzene rings is 2. The molecule has 0 aliphatic carbocycles. The van der Waals surface area contributed by atoms with Gasteiger partial charge in [0.2, 0.25) is 11.3 Å². The van der Waals surface area contributed by atoms with Crippen molar-refractivity contribution >= 4 is 5.91 Å². The van der Waals surface area contributed by atoms with E-state index < -0.39 is 0 Å².